The number of unbranched alkanes of at least 4 members (excludes halogenated alkanes) is 2. The first-order valence-electron chi connectivity index (χ1n) is 34.9. The molecule has 0 aliphatic carbocycles. The number of para-hydroxylation sites is 4. The fourth-order valence-electron chi connectivity index (χ4n) is 10.9. The van der Waals surface area contributed by atoms with Gasteiger partial charge < -0.3 is 91.8 Å². The summed E-state index contributed by atoms with van der Waals surface area (Å²) in [7, 11) is -4.20. The van der Waals surface area contributed by atoms with Crippen molar-refractivity contribution < 1.29 is 112 Å². The zero-order valence-corrected chi connectivity index (χ0v) is 70.1. The third-order valence-corrected chi connectivity index (χ3v) is 20.8. The Bertz CT molecular complexity index is 3080. The van der Waals surface area contributed by atoms with E-state index >= 15 is 9.13 Å². The van der Waals surface area contributed by atoms with E-state index in [0.29, 0.717) is 88.0 Å². The Hall–Kier alpha value is -3.24. The molecule has 0 aliphatic rings. The summed E-state index contributed by atoms with van der Waals surface area (Å²) in [5.74, 6) is 1.14. The van der Waals surface area contributed by atoms with Crippen molar-refractivity contribution in [3.8, 4) is 23.0 Å². The predicted molar refractivity (Wildman–Crippen MR) is 414 cm³/mol. The van der Waals surface area contributed by atoms with Crippen LogP contribution in [0.1, 0.15) is 151 Å². The minimum atomic E-state index is -4.60. The molecule has 0 heterocycles. The molecular weight excluding hydrogens is 1470 g/mol. The van der Waals surface area contributed by atoms with E-state index in [4.69, 9.17) is 46.5 Å². The van der Waals surface area contributed by atoms with Crippen LogP contribution in [-0.2, 0) is 98.6 Å². The number of rotatable bonds is 47. The maximum atomic E-state index is 15.4. The summed E-state index contributed by atoms with van der Waals surface area (Å²) in [5, 5.41) is 20.6. The van der Waals surface area contributed by atoms with Crippen LogP contribution in [0, 0.1) is 0 Å². The molecule has 4 rings (SSSR count). The smallest absolute Gasteiger partial charge is 0.508 e. The topological polar surface area (TPSA) is 327 Å². The van der Waals surface area contributed by atoms with Crippen LogP contribution in [-0.4, -0.2) is 228 Å². The zero-order valence-electron chi connectivity index (χ0n) is 65.5. The van der Waals surface area contributed by atoms with Crippen LogP contribution in [0.4, 0.5) is 0 Å². The van der Waals surface area contributed by atoms with Gasteiger partial charge in [0.05, 0.1) is 55.0 Å². The first kappa shape index (κ1) is 102. The van der Waals surface area contributed by atoms with E-state index in [1.165, 1.54) is 29.0 Å². The SMILES string of the molecule is C.CN.CN(C)CCCCC(N(Cc1ccccc1O)CP(=O)(O)O)N(Cc1ccccc1O)CP(=O)(O)O.COCCOCOc1ccccc1CN(C[C@H](CCCCN(C)C)N(Cc1ccccc1OCOCCOC)CP(=O)(OC(C)(C)C)OC(C)(C)C)CP(=O)(OC(C)(C)C)OC(C)(C)C.[Fe+2]. The fraction of sp³-hybridized carbons (Fsp3) is 0.671. The molecule has 8 N–H and O–H groups in total. The van der Waals surface area contributed by atoms with Crippen molar-refractivity contribution in [2.75, 3.05) is 134 Å². The van der Waals surface area contributed by atoms with Gasteiger partial charge in [-0.15, -0.1) is 0 Å². The van der Waals surface area contributed by atoms with Gasteiger partial charge >= 0.3 is 47.5 Å². The van der Waals surface area contributed by atoms with Crippen LogP contribution in [0.25, 0.3) is 0 Å². The van der Waals surface area contributed by atoms with Crippen LogP contribution in [0.15, 0.2) is 97.1 Å². The third-order valence-electron chi connectivity index (χ3n) is 14.6. The van der Waals surface area contributed by atoms with E-state index in [1.54, 1.807) is 50.6 Å². The van der Waals surface area contributed by atoms with Crippen LogP contribution >= 0.6 is 30.4 Å². The van der Waals surface area contributed by atoms with Gasteiger partial charge in [-0.1, -0.05) is 86.6 Å². The van der Waals surface area contributed by atoms with Crippen molar-refractivity contribution in [2.45, 2.75) is 190 Å². The molecule has 4 aromatic carbocycles. The maximum absolute atomic E-state index is 15.4. The Balaban J connectivity index is 0.00000228. The second kappa shape index (κ2) is 49.9. The Labute approximate surface area is 640 Å². The van der Waals surface area contributed by atoms with Gasteiger partial charge in [-0.25, -0.2) is 0 Å². The molecular formula is C73H133FeN7O20P4+2. The molecule has 0 saturated heterocycles. The normalized spacial score (nSPS) is 13.1. The average Bonchev–Trinajstić information content (AvgIpc) is 0.807. The van der Waals surface area contributed by atoms with Crippen LogP contribution < -0.4 is 15.2 Å². The maximum Gasteiger partial charge on any atom is 2.00 e. The van der Waals surface area contributed by atoms with Crippen molar-refractivity contribution in [3.05, 3.63) is 119 Å². The van der Waals surface area contributed by atoms with Crippen molar-refractivity contribution in [1.29, 1.82) is 0 Å². The summed E-state index contributed by atoms with van der Waals surface area (Å²) in [6.07, 6.45) is 1.89. The van der Waals surface area contributed by atoms with Crippen LogP contribution in [0.5, 0.6) is 23.0 Å². The van der Waals surface area contributed by atoms with Gasteiger partial charge in [0.25, 0.3) is 0 Å². The van der Waals surface area contributed by atoms with Gasteiger partial charge in [-0.3, -0.25) is 37.9 Å². The number of benzene rings is 4. The minimum Gasteiger partial charge on any atom is -0.508 e. The van der Waals surface area contributed by atoms with Gasteiger partial charge in [-0.2, -0.15) is 0 Å². The van der Waals surface area contributed by atoms with E-state index < -0.39 is 71.5 Å². The zero-order chi connectivity index (χ0) is 77.9. The molecule has 0 fully saturated rings. The third kappa shape index (κ3) is 46.9. The number of hydrogen-bond donors (Lipinski definition) is 7. The quantitative estimate of drug-likeness (QED) is 0.00935. The van der Waals surface area contributed by atoms with Gasteiger partial charge in [0.15, 0.2) is 13.6 Å². The molecule has 32 heteroatoms. The molecule has 0 saturated carbocycles. The van der Waals surface area contributed by atoms with E-state index in [0.717, 1.165) is 43.5 Å². The molecule has 1 atom stereocenters. The summed E-state index contributed by atoms with van der Waals surface area (Å²) >= 11 is 0. The van der Waals surface area contributed by atoms with E-state index in [-0.39, 0.29) is 81.3 Å². The molecule has 606 valence electrons. The molecule has 4 aromatic rings. The molecule has 0 radical (unpaired) electrons. The molecule has 27 nitrogen and oxygen atoms in total. The van der Waals surface area contributed by atoms with Crippen LogP contribution in [0.2, 0.25) is 0 Å². The summed E-state index contributed by atoms with van der Waals surface area (Å²) in [6, 6.07) is 28.1. The monoisotopic (exact) mass is 1610 g/mol. The number of methoxy groups -OCH3 is 2. The summed E-state index contributed by atoms with van der Waals surface area (Å²) in [4.78, 5) is 50.8. The summed E-state index contributed by atoms with van der Waals surface area (Å²) in [5.41, 5.74) is 3.88. The first-order chi connectivity index (χ1) is 47.9. The summed E-state index contributed by atoms with van der Waals surface area (Å²) in [6.45, 7) is 26.8. The Kier molecular flexibility index (Phi) is 48.4. The second-order valence-electron chi connectivity index (χ2n) is 29.7. The molecule has 105 heavy (non-hydrogen) atoms. The predicted octanol–water partition coefficient (Wildman–Crippen LogP) is 13.6. The number of aromatic hydroxyl groups is 2. The van der Waals surface area contributed by atoms with Gasteiger partial charge in [-0.05, 0) is 188 Å². The molecule has 0 spiro atoms. The standard InChI is InChI=1S/C48H87N3O12P2.C23H37N3O8P2.CH5N.CH4.Fe/c1-45(2,3)60-64(52,61-46(4,5)6)36-50(33-40-23-17-19-26-43(40)58-38-56-31-29-54-15)35-42(25-21-22-28-49(13)14)51(37-65(53,62-47(7,8)9)63-48(10,11)12)34-41-24-18-20-27-44(41)59-39-57-32-30-55-16;1-24(2)14-8-7-13-23(25(17-35(29,30)31)15-19-9-3-5-11-21(19)27)26(18-36(32,33)34)16-20-10-4-6-12-22(20)28;1-2;;/h17-20,23-24,26-27,42H,21-22,25,28-39H2,1-16H3;3-6,9-12,23,27-28H,7-8,13-18H2,1-2H3,(H2,29,30,31)(H2,32,33,34);2H2,1H3;1H4;/q;;;;+2/t42-;;;;/m0..../s1. The van der Waals surface area contributed by atoms with Crippen LogP contribution in [0.3, 0.4) is 0 Å². The molecule has 0 aromatic heterocycles. The van der Waals surface area contributed by atoms with E-state index in [1.807, 2.05) is 151 Å². The number of phenols is 2. The number of ether oxygens (including phenoxy) is 6. The van der Waals surface area contributed by atoms with Crippen molar-refractivity contribution >= 4 is 30.4 Å². The molecule has 0 bridgehead atoms. The van der Waals surface area contributed by atoms with E-state index in [9.17, 15) is 38.9 Å². The largest absolute Gasteiger partial charge is 2.00 e. The number of nitrogens with two attached hydrogens (primary N) is 1. The minimum absolute atomic E-state index is 0. The van der Waals surface area contributed by atoms with E-state index in [2.05, 4.69) is 34.5 Å². The second-order valence-corrected chi connectivity index (χ2v) is 36.7. The Morgan fingerprint density at radius 2 is 0.771 bits per heavy atom. The Morgan fingerprint density at radius 1 is 0.438 bits per heavy atom. The van der Waals surface area contributed by atoms with Gasteiger partial charge in [0.2, 0.25) is 0 Å². The van der Waals surface area contributed by atoms with Crippen molar-refractivity contribution in [1.82, 2.24) is 29.4 Å². The van der Waals surface area contributed by atoms with Crippen molar-refractivity contribution in [2.24, 2.45) is 5.73 Å². The number of hydrogen-bond acceptors (Lipinski definition) is 23. The first-order valence-corrected chi connectivity index (χ1v) is 41.9. The fourth-order valence-corrected chi connectivity index (χ4v) is 17.6. The van der Waals surface area contributed by atoms with Gasteiger partial charge in [0.1, 0.15) is 48.1 Å². The average molecular weight is 1610 g/mol. The molecule has 0 aliphatic heterocycles. The summed E-state index contributed by atoms with van der Waals surface area (Å²) < 4.78 is 115. The van der Waals surface area contributed by atoms with Gasteiger partial charge in [0, 0.05) is 75.2 Å². The molecule has 0 amide bonds. The Morgan fingerprint density at radius 3 is 1.12 bits per heavy atom. The number of nitrogens with zero attached hydrogens (tertiary/aromatic N) is 6. The van der Waals surface area contributed by atoms with Crippen molar-refractivity contribution in [3.63, 3.8) is 0 Å². The molecule has 0 unspecified atom stereocenters. The number of phenolic OH excluding ortho intramolecular Hbond substituents is 2.